The third kappa shape index (κ3) is 2.53. The van der Waals surface area contributed by atoms with Crippen LogP contribution in [0, 0.1) is 0 Å². The van der Waals surface area contributed by atoms with E-state index in [1.165, 1.54) is 5.57 Å². The van der Waals surface area contributed by atoms with Crippen molar-refractivity contribution in [3.63, 3.8) is 0 Å². The van der Waals surface area contributed by atoms with Gasteiger partial charge in [-0.05, 0) is 32.3 Å². The quantitative estimate of drug-likeness (QED) is 0.792. The van der Waals surface area contributed by atoms with Gasteiger partial charge in [-0.25, -0.2) is 0 Å². The fourth-order valence-corrected chi connectivity index (χ4v) is 2.06. The number of hydrogen-bond donors (Lipinski definition) is 1. The Balaban J connectivity index is 2.00. The number of rotatable bonds is 4. The molecule has 2 atom stereocenters. The smallest absolute Gasteiger partial charge is 0.0726 e. The van der Waals surface area contributed by atoms with Gasteiger partial charge in [0.1, 0.15) is 0 Å². The second kappa shape index (κ2) is 4.83. The molecule has 0 radical (unpaired) electrons. The molecule has 1 aliphatic rings. The highest BCUT2D eigenvalue weighted by Crippen LogP contribution is 2.22. The van der Waals surface area contributed by atoms with Crippen LogP contribution in [-0.4, -0.2) is 21.0 Å². The van der Waals surface area contributed by atoms with E-state index in [9.17, 15) is 5.11 Å². The number of aromatic nitrogens is 2. The van der Waals surface area contributed by atoms with Crippen molar-refractivity contribution < 1.29 is 5.11 Å². The van der Waals surface area contributed by atoms with E-state index >= 15 is 0 Å². The Labute approximate surface area is 96.8 Å². The average molecular weight is 220 g/mol. The van der Waals surface area contributed by atoms with Gasteiger partial charge in [-0.15, -0.1) is 0 Å². The third-order valence-corrected chi connectivity index (χ3v) is 3.30. The molecule has 16 heavy (non-hydrogen) atoms. The topological polar surface area (TPSA) is 38.0 Å². The van der Waals surface area contributed by atoms with E-state index in [1.54, 1.807) is 0 Å². The van der Waals surface area contributed by atoms with Gasteiger partial charge in [0.2, 0.25) is 0 Å². The van der Waals surface area contributed by atoms with Gasteiger partial charge in [0.25, 0.3) is 0 Å². The molecule has 88 valence electrons. The maximum Gasteiger partial charge on any atom is 0.0726 e. The summed E-state index contributed by atoms with van der Waals surface area (Å²) in [4.78, 5) is 0. The van der Waals surface area contributed by atoms with Gasteiger partial charge < -0.3 is 5.11 Å². The molecule has 3 heteroatoms. The summed E-state index contributed by atoms with van der Waals surface area (Å²) < 4.78 is 2.03. The predicted octanol–water partition coefficient (Wildman–Crippen LogP) is 2.48. The van der Waals surface area contributed by atoms with Gasteiger partial charge in [-0.1, -0.05) is 18.6 Å². The summed E-state index contributed by atoms with van der Waals surface area (Å²) in [6.45, 7) is 4.34. The lowest BCUT2D eigenvalue weighted by Gasteiger charge is -2.08. The molecule has 3 nitrogen and oxygen atoms in total. The fraction of sp³-hybridized carbons (Fsp3) is 0.615. The highest BCUT2D eigenvalue weighted by atomic mass is 16.3. The summed E-state index contributed by atoms with van der Waals surface area (Å²) in [7, 11) is 0. The molecule has 0 bridgehead atoms. The van der Waals surface area contributed by atoms with Crippen molar-refractivity contribution in [2.24, 2.45) is 0 Å². The van der Waals surface area contributed by atoms with E-state index < -0.39 is 0 Å². The first-order chi connectivity index (χ1) is 7.69. The molecule has 2 unspecified atom stereocenters. The summed E-state index contributed by atoms with van der Waals surface area (Å²) >= 11 is 0. The minimum atomic E-state index is -0.230. The molecule has 0 aliphatic heterocycles. The van der Waals surface area contributed by atoms with E-state index in [0.29, 0.717) is 6.04 Å². The summed E-state index contributed by atoms with van der Waals surface area (Å²) in [5.41, 5.74) is 2.43. The summed E-state index contributed by atoms with van der Waals surface area (Å²) in [5.74, 6) is 0. The van der Waals surface area contributed by atoms with Crippen molar-refractivity contribution in [3.8, 4) is 0 Å². The van der Waals surface area contributed by atoms with Crippen LogP contribution in [0.5, 0.6) is 0 Å². The van der Waals surface area contributed by atoms with Crippen LogP contribution in [-0.2, 0) is 6.42 Å². The first-order valence-corrected chi connectivity index (χ1v) is 6.10. The zero-order valence-electron chi connectivity index (χ0n) is 10.1. The van der Waals surface area contributed by atoms with Crippen molar-refractivity contribution in [2.45, 2.75) is 51.7 Å². The Morgan fingerprint density at radius 1 is 1.62 bits per heavy atom. The molecular formula is C13H20N2O. The summed E-state index contributed by atoms with van der Waals surface area (Å²) in [6.07, 6.45) is 7.67. The standard InChI is InChI=1S/C13H20N2O/c1-3-10(2)15-7-6-12(14-15)8-11-4-5-13(16)9-11/h6-7,9-10,13,16H,3-5,8H2,1-2H3. The SMILES string of the molecule is CCC(C)n1ccc(CC2=CC(O)CC2)n1. The van der Waals surface area contributed by atoms with Gasteiger partial charge in [0.15, 0.2) is 0 Å². The second-order valence-corrected chi connectivity index (χ2v) is 4.65. The summed E-state index contributed by atoms with van der Waals surface area (Å²) in [6, 6.07) is 2.55. The normalized spacial score (nSPS) is 22.2. The van der Waals surface area contributed by atoms with E-state index in [2.05, 4.69) is 31.2 Å². The fourth-order valence-electron chi connectivity index (χ4n) is 2.06. The number of hydrogen-bond acceptors (Lipinski definition) is 2. The Bertz CT molecular complexity index is 381. The number of allylic oxidation sites excluding steroid dienone is 1. The maximum absolute atomic E-state index is 9.41. The number of nitrogens with zero attached hydrogens (tertiary/aromatic N) is 2. The number of aliphatic hydroxyl groups excluding tert-OH is 1. The van der Waals surface area contributed by atoms with Gasteiger partial charge >= 0.3 is 0 Å². The molecule has 1 aromatic rings. The minimum absolute atomic E-state index is 0.230. The van der Waals surface area contributed by atoms with Crippen LogP contribution >= 0.6 is 0 Å². The molecule has 0 aromatic carbocycles. The molecule has 0 saturated carbocycles. The first-order valence-electron chi connectivity index (χ1n) is 6.10. The van der Waals surface area contributed by atoms with Crippen LogP contribution in [0.1, 0.15) is 44.8 Å². The van der Waals surface area contributed by atoms with Crippen LogP contribution in [0.25, 0.3) is 0 Å². The maximum atomic E-state index is 9.41. The van der Waals surface area contributed by atoms with Gasteiger partial charge in [-0.2, -0.15) is 5.10 Å². The Morgan fingerprint density at radius 3 is 3.06 bits per heavy atom. The minimum Gasteiger partial charge on any atom is -0.389 e. The van der Waals surface area contributed by atoms with Crippen molar-refractivity contribution in [2.75, 3.05) is 0 Å². The highest BCUT2D eigenvalue weighted by Gasteiger charge is 2.14. The molecular weight excluding hydrogens is 200 g/mol. The van der Waals surface area contributed by atoms with Crippen molar-refractivity contribution in [1.82, 2.24) is 9.78 Å². The van der Waals surface area contributed by atoms with E-state index in [1.807, 2.05) is 10.8 Å². The van der Waals surface area contributed by atoms with Gasteiger partial charge in [-0.3, -0.25) is 4.68 Å². The Morgan fingerprint density at radius 2 is 2.44 bits per heavy atom. The molecule has 0 fully saturated rings. The lowest BCUT2D eigenvalue weighted by atomic mass is 10.1. The lowest BCUT2D eigenvalue weighted by Crippen LogP contribution is -2.04. The summed E-state index contributed by atoms with van der Waals surface area (Å²) in [5, 5.41) is 14.0. The second-order valence-electron chi connectivity index (χ2n) is 4.65. The van der Waals surface area contributed by atoms with Crippen LogP contribution in [0.2, 0.25) is 0 Å². The lowest BCUT2D eigenvalue weighted by molar-refractivity contribution is 0.223. The molecule has 1 aliphatic carbocycles. The van der Waals surface area contributed by atoms with E-state index in [0.717, 1.165) is 31.4 Å². The van der Waals surface area contributed by atoms with Crippen LogP contribution in [0.15, 0.2) is 23.9 Å². The first kappa shape index (κ1) is 11.4. The van der Waals surface area contributed by atoms with Crippen LogP contribution < -0.4 is 0 Å². The van der Waals surface area contributed by atoms with Crippen molar-refractivity contribution in [3.05, 3.63) is 29.6 Å². The molecule has 0 amide bonds. The zero-order valence-corrected chi connectivity index (χ0v) is 10.1. The molecule has 0 saturated heterocycles. The third-order valence-electron chi connectivity index (χ3n) is 3.30. The average Bonchev–Trinajstić information content (AvgIpc) is 2.87. The van der Waals surface area contributed by atoms with Gasteiger partial charge in [0, 0.05) is 18.7 Å². The largest absolute Gasteiger partial charge is 0.389 e. The molecule has 2 rings (SSSR count). The van der Waals surface area contributed by atoms with Gasteiger partial charge in [0.05, 0.1) is 11.8 Å². The monoisotopic (exact) mass is 220 g/mol. The van der Waals surface area contributed by atoms with E-state index in [4.69, 9.17) is 0 Å². The molecule has 1 heterocycles. The Kier molecular flexibility index (Phi) is 3.44. The molecule has 0 spiro atoms. The van der Waals surface area contributed by atoms with Crippen LogP contribution in [0.3, 0.4) is 0 Å². The zero-order chi connectivity index (χ0) is 11.5. The van der Waals surface area contributed by atoms with Crippen molar-refractivity contribution >= 4 is 0 Å². The molecule has 1 N–H and O–H groups in total. The van der Waals surface area contributed by atoms with Crippen LogP contribution in [0.4, 0.5) is 0 Å². The van der Waals surface area contributed by atoms with Crippen molar-refractivity contribution in [1.29, 1.82) is 0 Å². The predicted molar refractivity (Wildman–Crippen MR) is 64.3 cm³/mol. The number of aliphatic hydroxyl groups is 1. The van der Waals surface area contributed by atoms with E-state index in [-0.39, 0.29) is 6.10 Å². The Hall–Kier alpha value is -1.09. The highest BCUT2D eigenvalue weighted by molar-refractivity contribution is 5.19. The molecule has 1 aromatic heterocycles.